The standard InChI is InChI=1S/C29H33FO6/c1-25-12-11-19(32)13-18(25)9-10-20-21-14-24-29(23(34)16-31,26(21,2)15-22(33)28(20,25)30)36-27(3,35-24)17-7-5-4-6-8-17/h4-8,11-13,20-22,24,31,33H,9-10,14-16H2,1-3H3/t20-,21-,22+,24+,25-,26-,27-,28-,29-/m0/s1. The number of allylic oxidation sites excluding steroid dienone is 4. The van der Waals surface area contributed by atoms with Crippen molar-refractivity contribution < 1.29 is 33.7 Å². The van der Waals surface area contributed by atoms with Crippen molar-refractivity contribution in [2.24, 2.45) is 22.7 Å². The highest BCUT2D eigenvalue weighted by molar-refractivity contribution is 6.01. The Morgan fingerprint density at radius 2 is 1.89 bits per heavy atom. The van der Waals surface area contributed by atoms with Gasteiger partial charge in [-0.2, -0.15) is 0 Å². The lowest BCUT2D eigenvalue weighted by Crippen LogP contribution is -2.70. The maximum atomic E-state index is 17.4. The summed E-state index contributed by atoms with van der Waals surface area (Å²) in [6.07, 6.45) is 3.77. The number of ether oxygens (including phenoxy) is 2. The van der Waals surface area contributed by atoms with Crippen LogP contribution in [0.5, 0.6) is 0 Å². The van der Waals surface area contributed by atoms with Crippen LogP contribution in [0.25, 0.3) is 0 Å². The minimum Gasteiger partial charge on any atom is -0.390 e. The van der Waals surface area contributed by atoms with Gasteiger partial charge in [-0.1, -0.05) is 48.9 Å². The van der Waals surface area contributed by atoms with Gasteiger partial charge in [0.2, 0.25) is 0 Å². The maximum absolute atomic E-state index is 17.4. The van der Waals surface area contributed by atoms with Gasteiger partial charge in [0.1, 0.15) is 6.61 Å². The lowest BCUT2D eigenvalue weighted by atomic mass is 9.44. The molecule has 0 radical (unpaired) electrons. The van der Waals surface area contributed by atoms with E-state index < -0.39 is 58.4 Å². The first kappa shape index (κ1) is 24.2. The monoisotopic (exact) mass is 496 g/mol. The minimum absolute atomic E-state index is 0.0220. The van der Waals surface area contributed by atoms with Crippen LogP contribution in [0.4, 0.5) is 4.39 Å². The van der Waals surface area contributed by atoms with Gasteiger partial charge in [0.05, 0.1) is 12.2 Å². The fraction of sp³-hybridized carbons (Fsp3) is 0.586. The third-order valence-electron chi connectivity index (χ3n) is 10.4. The van der Waals surface area contributed by atoms with Crippen LogP contribution in [0.3, 0.4) is 0 Å². The third kappa shape index (κ3) is 2.65. The molecule has 0 aromatic heterocycles. The summed E-state index contributed by atoms with van der Waals surface area (Å²) in [6.45, 7) is 4.70. The molecule has 6 rings (SSSR count). The molecule has 6 nitrogen and oxygen atoms in total. The number of carbonyl (C=O) groups is 2. The molecule has 1 aliphatic heterocycles. The number of alkyl halides is 1. The lowest BCUT2D eigenvalue weighted by molar-refractivity contribution is -0.254. The average molecular weight is 497 g/mol. The molecule has 4 fully saturated rings. The van der Waals surface area contributed by atoms with Crippen LogP contribution in [0.15, 0.2) is 54.1 Å². The van der Waals surface area contributed by atoms with Gasteiger partial charge in [-0.15, -0.1) is 0 Å². The molecule has 0 bridgehead atoms. The number of halogens is 1. The van der Waals surface area contributed by atoms with E-state index in [1.807, 2.05) is 37.3 Å². The van der Waals surface area contributed by atoms with Crippen molar-refractivity contribution in [1.29, 1.82) is 0 Å². The summed E-state index contributed by atoms with van der Waals surface area (Å²) < 4.78 is 30.5. The molecule has 0 spiro atoms. The molecule has 1 saturated heterocycles. The Morgan fingerprint density at radius 1 is 1.17 bits per heavy atom. The number of ketones is 2. The zero-order chi connectivity index (χ0) is 25.7. The molecule has 0 unspecified atom stereocenters. The number of benzene rings is 1. The van der Waals surface area contributed by atoms with Crippen molar-refractivity contribution in [3.8, 4) is 0 Å². The molecule has 7 heteroatoms. The van der Waals surface area contributed by atoms with Gasteiger partial charge >= 0.3 is 0 Å². The number of hydrogen-bond donors (Lipinski definition) is 2. The number of fused-ring (bicyclic) bond motifs is 7. The SMILES string of the molecule is C[C@]1(c2ccccc2)O[C@@H]2C[C@H]3[C@@H]4CCC5=CC(=O)C=C[C@]5(C)[C@@]4(F)[C@H](O)C[C@]3(C)[C@@]2(C(=O)CO)O1. The highest BCUT2D eigenvalue weighted by Gasteiger charge is 2.80. The smallest absolute Gasteiger partial charge is 0.193 e. The summed E-state index contributed by atoms with van der Waals surface area (Å²) in [4.78, 5) is 25.6. The van der Waals surface area contributed by atoms with Crippen molar-refractivity contribution in [1.82, 2.24) is 0 Å². The van der Waals surface area contributed by atoms with Crippen LogP contribution in [0.1, 0.15) is 52.0 Å². The van der Waals surface area contributed by atoms with Crippen molar-refractivity contribution in [3.05, 3.63) is 59.7 Å². The summed E-state index contributed by atoms with van der Waals surface area (Å²) in [5.74, 6) is -2.78. The Labute approximate surface area is 210 Å². The summed E-state index contributed by atoms with van der Waals surface area (Å²) in [7, 11) is 0. The molecular weight excluding hydrogens is 463 g/mol. The van der Waals surface area contributed by atoms with Crippen LogP contribution in [-0.4, -0.2) is 51.9 Å². The van der Waals surface area contributed by atoms with E-state index in [0.29, 0.717) is 24.8 Å². The molecule has 2 N–H and O–H groups in total. The molecular formula is C29H33FO6. The highest BCUT2D eigenvalue weighted by atomic mass is 19.1. The number of Topliss-reactive ketones (excluding diaryl/α,β-unsaturated/α-hetero) is 1. The van der Waals surface area contributed by atoms with Crippen LogP contribution < -0.4 is 0 Å². The topological polar surface area (TPSA) is 93.1 Å². The van der Waals surface area contributed by atoms with Gasteiger partial charge in [0.15, 0.2) is 28.6 Å². The minimum atomic E-state index is -2.01. The fourth-order valence-corrected chi connectivity index (χ4v) is 8.64. The van der Waals surface area contributed by atoms with E-state index in [2.05, 4.69) is 0 Å². The molecule has 9 atom stereocenters. The zero-order valence-corrected chi connectivity index (χ0v) is 20.9. The second-order valence-corrected chi connectivity index (χ2v) is 11.8. The number of aliphatic hydroxyl groups is 2. The Balaban J connectivity index is 1.46. The third-order valence-corrected chi connectivity index (χ3v) is 10.4. The Kier molecular flexibility index (Phi) is 4.99. The van der Waals surface area contributed by atoms with Crippen molar-refractivity contribution in [2.75, 3.05) is 6.61 Å². The van der Waals surface area contributed by atoms with E-state index in [0.717, 1.165) is 5.56 Å². The van der Waals surface area contributed by atoms with Gasteiger partial charge in [0.25, 0.3) is 0 Å². The van der Waals surface area contributed by atoms with E-state index in [-0.39, 0.29) is 18.1 Å². The van der Waals surface area contributed by atoms with E-state index in [9.17, 15) is 19.8 Å². The molecule has 36 heavy (non-hydrogen) atoms. The Hall–Kier alpha value is -2.19. The first-order chi connectivity index (χ1) is 17.0. The second-order valence-electron chi connectivity index (χ2n) is 11.8. The van der Waals surface area contributed by atoms with Crippen LogP contribution >= 0.6 is 0 Å². The van der Waals surface area contributed by atoms with Crippen molar-refractivity contribution in [2.45, 2.75) is 75.7 Å². The largest absolute Gasteiger partial charge is 0.390 e. The van der Waals surface area contributed by atoms with E-state index >= 15 is 4.39 Å². The molecule has 192 valence electrons. The molecule has 4 aliphatic carbocycles. The van der Waals surface area contributed by atoms with Crippen LogP contribution in [0, 0.1) is 22.7 Å². The predicted molar refractivity (Wildman–Crippen MR) is 128 cm³/mol. The van der Waals surface area contributed by atoms with E-state index in [4.69, 9.17) is 9.47 Å². The van der Waals surface area contributed by atoms with Crippen LogP contribution in [-0.2, 0) is 24.8 Å². The molecule has 5 aliphatic rings. The summed E-state index contributed by atoms with van der Waals surface area (Å²) >= 11 is 0. The van der Waals surface area contributed by atoms with Gasteiger partial charge in [-0.05, 0) is 57.6 Å². The first-order valence-electron chi connectivity index (χ1n) is 12.9. The molecule has 0 amide bonds. The maximum Gasteiger partial charge on any atom is 0.193 e. The molecule has 1 heterocycles. The molecule has 1 aromatic rings. The van der Waals surface area contributed by atoms with Crippen molar-refractivity contribution >= 4 is 11.6 Å². The number of hydrogen-bond acceptors (Lipinski definition) is 6. The van der Waals surface area contributed by atoms with E-state index in [1.54, 1.807) is 19.9 Å². The Bertz CT molecular complexity index is 1200. The normalized spacial score (nSPS) is 49.1. The quantitative estimate of drug-likeness (QED) is 0.665. The molecule has 1 aromatic carbocycles. The van der Waals surface area contributed by atoms with Crippen LogP contribution in [0.2, 0.25) is 0 Å². The van der Waals surface area contributed by atoms with Gasteiger partial charge in [-0.3, -0.25) is 9.59 Å². The predicted octanol–water partition coefficient (Wildman–Crippen LogP) is 3.56. The van der Waals surface area contributed by atoms with Gasteiger partial charge in [0, 0.05) is 22.3 Å². The summed E-state index contributed by atoms with van der Waals surface area (Å²) in [5.41, 5.74) is -4.15. The number of carbonyl (C=O) groups excluding carboxylic acids is 2. The van der Waals surface area contributed by atoms with Gasteiger partial charge < -0.3 is 19.7 Å². The second kappa shape index (κ2) is 7.44. The fourth-order valence-electron chi connectivity index (χ4n) is 8.64. The highest BCUT2D eigenvalue weighted by Crippen LogP contribution is 2.72. The summed E-state index contributed by atoms with van der Waals surface area (Å²) in [6, 6.07) is 9.35. The number of rotatable bonds is 3. The summed E-state index contributed by atoms with van der Waals surface area (Å²) in [5, 5.41) is 21.7. The van der Waals surface area contributed by atoms with E-state index in [1.165, 1.54) is 12.2 Å². The number of aliphatic hydroxyl groups excluding tert-OH is 2. The zero-order valence-electron chi connectivity index (χ0n) is 20.9. The molecule has 3 saturated carbocycles. The average Bonchev–Trinajstić information content (AvgIpc) is 3.29. The van der Waals surface area contributed by atoms with Crippen molar-refractivity contribution in [3.63, 3.8) is 0 Å². The first-order valence-corrected chi connectivity index (χ1v) is 12.9. The lowest BCUT2D eigenvalue weighted by Gasteiger charge is -2.62. The Morgan fingerprint density at radius 3 is 2.58 bits per heavy atom. The van der Waals surface area contributed by atoms with Gasteiger partial charge in [-0.25, -0.2) is 4.39 Å².